The van der Waals surface area contributed by atoms with E-state index in [1.165, 1.54) is 0 Å². The van der Waals surface area contributed by atoms with Gasteiger partial charge in [-0.3, -0.25) is 4.72 Å². The van der Waals surface area contributed by atoms with Crippen molar-refractivity contribution in [3.63, 3.8) is 0 Å². The normalized spacial score (nSPS) is 13.2. The zero-order valence-electron chi connectivity index (χ0n) is 8.17. The van der Waals surface area contributed by atoms with Gasteiger partial charge in [0.05, 0.1) is 20.4 Å². The highest BCUT2D eigenvalue weighted by molar-refractivity contribution is 9.17. The monoisotopic (exact) mass is 387 g/mol. The molecule has 0 aliphatic carbocycles. The van der Waals surface area contributed by atoms with Gasteiger partial charge in [0.2, 0.25) is 10.0 Å². The summed E-state index contributed by atoms with van der Waals surface area (Å²) in [4.78, 5) is 0. The third kappa shape index (κ3) is 4.08. The fraction of sp³-hybridized carbons (Fsp3) is 0.111. The fourth-order valence-corrected chi connectivity index (χ4v) is 2.30. The van der Waals surface area contributed by atoms with Gasteiger partial charge >= 0.3 is 0 Å². The maximum atomic E-state index is 11.2. The summed E-state index contributed by atoms with van der Waals surface area (Å²) in [5, 5.41) is 0. The van der Waals surface area contributed by atoms with E-state index in [0.717, 1.165) is 6.26 Å². The molecule has 0 atom stereocenters. The summed E-state index contributed by atoms with van der Waals surface area (Å²) < 4.78 is 25.7. The van der Waals surface area contributed by atoms with E-state index < -0.39 is 10.0 Å². The van der Waals surface area contributed by atoms with Gasteiger partial charge in [-0.25, -0.2) is 8.42 Å². The third-order valence-corrected chi connectivity index (χ3v) is 4.39. The van der Waals surface area contributed by atoms with Crippen LogP contribution in [0.5, 0.6) is 0 Å². The van der Waals surface area contributed by atoms with Gasteiger partial charge in [0.15, 0.2) is 0 Å². The number of rotatable bonds is 3. The Bertz CT molecular complexity index is 524. The van der Waals surface area contributed by atoms with Crippen molar-refractivity contribution >= 4 is 63.7 Å². The van der Waals surface area contributed by atoms with Crippen molar-refractivity contribution in [2.75, 3.05) is 11.0 Å². The number of para-hydroxylation sites is 1. The lowest BCUT2D eigenvalue weighted by Crippen LogP contribution is -2.10. The van der Waals surface area contributed by atoms with Gasteiger partial charge < -0.3 is 0 Å². The standard InChI is InChI=1S/C9H8Br2ClNO2S/c1-16(14,15)13-7-5-3-2-4-6(7)8(10)9(11)12/h2-5,13H,1H3. The molecule has 0 saturated heterocycles. The number of hydrogen-bond donors (Lipinski definition) is 1. The molecule has 0 fully saturated rings. The zero-order valence-corrected chi connectivity index (χ0v) is 12.9. The van der Waals surface area contributed by atoms with Crippen molar-refractivity contribution in [3.8, 4) is 0 Å². The first-order chi connectivity index (χ1) is 7.31. The molecule has 0 amide bonds. The maximum absolute atomic E-state index is 11.2. The number of benzene rings is 1. The first-order valence-electron chi connectivity index (χ1n) is 4.09. The average Bonchev–Trinajstić information content (AvgIpc) is 2.15. The quantitative estimate of drug-likeness (QED) is 0.857. The highest BCUT2D eigenvalue weighted by Crippen LogP contribution is 2.35. The number of nitrogens with one attached hydrogen (secondary N) is 1. The first kappa shape index (κ1) is 14.0. The smallest absolute Gasteiger partial charge is 0.229 e. The highest BCUT2D eigenvalue weighted by Gasteiger charge is 2.10. The van der Waals surface area contributed by atoms with E-state index in [4.69, 9.17) is 11.6 Å². The molecular weight excluding hydrogens is 381 g/mol. The molecule has 1 aromatic carbocycles. The molecule has 7 heteroatoms. The van der Waals surface area contributed by atoms with Crippen LogP contribution in [0.4, 0.5) is 5.69 Å². The van der Waals surface area contributed by atoms with E-state index in [1.54, 1.807) is 24.3 Å². The SMILES string of the molecule is CS(=O)(=O)Nc1ccccc1C(Br)=C(Cl)Br. The molecule has 16 heavy (non-hydrogen) atoms. The van der Waals surface area contributed by atoms with Gasteiger partial charge in [-0.15, -0.1) is 0 Å². The lowest BCUT2D eigenvalue weighted by molar-refractivity contribution is 0.607. The van der Waals surface area contributed by atoms with Crippen molar-refractivity contribution in [1.82, 2.24) is 0 Å². The van der Waals surface area contributed by atoms with Crippen molar-refractivity contribution in [3.05, 3.63) is 33.8 Å². The summed E-state index contributed by atoms with van der Waals surface area (Å²) in [5.41, 5.74) is 1.13. The fourth-order valence-electron chi connectivity index (χ4n) is 1.07. The molecule has 88 valence electrons. The molecule has 0 radical (unpaired) electrons. The molecule has 0 aliphatic rings. The van der Waals surface area contributed by atoms with Crippen LogP contribution in [0, 0.1) is 0 Å². The van der Waals surface area contributed by atoms with Crippen molar-refractivity contribution in [1.29, 1.82) is 0 Å². The number of hydrogen-bond acceptors (Lipinski definition) is 2. The predicted molar refractivity (Wildman–Crippen MR) is 75.5 cm³/mol. The molecule has 0 aliphatic heterocycles. The summed E-state index contributed by atoms with van der Waals surface area (Å²) >= 11 is 12.2. The van der Waals surface area contributed by atoms with Crippen LogP contribution in [0.3, 0.4) is 0 Å². The van der Waals surface area contributed by atoms with Crippen LogP contribution in [0.15, 0.2) is 28.2 Å². The second kappa shape index (κ2) is 5.53. The molecule has 0 unspecified atom stereocenters. The summed E-state index contributed by atoms with van der Waals surface area (Å²) in [6.45, 7) is 0. The Labute approximate surface area is 116 Å². The Kier molecular flexibility index (Phi) is 4.85. The Hall–Kier alpha value is -0.0400. The van der Waals surface area contributed by atoms with Gasteiger partial charge in [0.1, 0.15) is 0 Å². The molecular formula is C9H8Br2ClNO2S. The van der Waals surface area contributed by atoms with Gasteiger partial charge in [-0.1, -0.05) is 29.8 Å². The minimum atomic E-state index is -3.31. The maximum Gasteiger partial charge on any atom is 0.229 e. The third-order valence-electron chi connectivity index (χ3n) is 1.62. The molecule has 1 N–H and O–H groups in total. The summed E-state index contributed by atoms with van der Waals surface area (Å²) in [6.07, 6.45) is 1.09. The van der Waals surface area contributed by atoms with Crippen molar-refractivity contribution in [2.45, 2.75) is 0 Å². The van der Waals surface area contributed by atoms with Crippen LogP contribution in [0.25, 0.3) is 4.48 Å². The minimum absolute atomic E-state index is 0.371. The van der Waals surface area contributed by atoms with Crippen LogP contribution in [0.2, 0.25) is 0 Å². The van der Waals surface area contributed by atoms with Gasteiger partial charge in [-0.05, 0) is 37.9 Å². The molecule has 0 saturated carbocycles. The first-order valence-corrected chi connectivity index (χ1v) is 7.95. The molecule has 0 spiro atoms. The zero-order chi connectivity index (χ0) is 12.3. The van der Waals surface area contributed by atoms with Crippen molar-refractivity contribution < 1.29 is 8.42 Å². The van der Waals surface area contributed by atoms with Crippen LogP contribution in [-0.2, 0) is 10.0 Å². The van der Waals surface area contributed by atoms with Crippen LogP contribution in [0.1, 0.15) is 5.56 Å². The van der Waals surface area contributed by atoms with E-state index in [0.29, 0.717) is 19.7 Å². The Morgan fingerprint density at radius 1 is 1.31 bits per heavy atom. The number of halogens is 3. The lowest BCUT2D eigenvalue weighted by Gasteiger charge is -2.09. The van der Waals surface area contributed by atoms with Gasteiger partial charge in [0.25, 0.3) is 0 Å². The molecule has 3 nitrogen and oxygen atoms in total. The highest BCUT2D eigenvalue weighted by atomic mass is 79.9. The van der Waals surface area contributed by atoms with E-state index in [2.05, 4.69) is 36.6 Å². The van der Waals surface area contributed by atoms with Gasteiger partial charge in [0, 0.05) is 5.56 Å². The molecule has 1 rings (SSSR count). The lowest BCUT2D eigenvalue weighted by atomic mass is 10.2. The second-order valence-corrected chi connectivity index (χ2v) is 7.16. The Balaban J connectivity index is 3.27. The Morgan fingerprint density at radius 3 is 2.38 bits per heavy atom. The number of sulfonamides is 1. The largest absolute Gasteiger partial charge is 0.283 e. The van der Waals surface area contributed by atoms with E-state index in [1.807, 2.05) is 0 Å². The number of anilines is 1. The molecule has 0 heterocycles. The molecule has 0 aromatic heterocycles. The Morgan fingerprint density at radius 2 is 1.88 bits per heavy atom. The molecule has 0 bridgehead atoms. The van der Waals surface area contributed by atoms with Crippen LogP contribution >= 0.6 is 43.5 Å². The topological polar surface area (TPSA) is 46.2 Å². The summed E-state index contributed by atoms with van der Waals surface area (Å²) in [5.74, 6) is 0. The van der Waals surface area contributed by atoms with Crippen molar-refractivity contribution in [2.24, 2.45) is 0 Å². The predicted octanol–water partition coefficient (Wildman–Crippen LogP) is 3.71. The minimum Gasteiger partial charge on any atom is -0.283 e. The average molecular weight is 389 g/mol. The summed E-state index contributed by atoms with van der Waals surface area (Å²) in [6, 6.07) is 6.93. The van der Waals surface area contributed by atoms with Gasteiger partial charge in [-0.2, -0.15) is 0 Å². The van der Waals surface area contributed by atoms with Crippen LogP contribution < -0.4 is 4.72 Å². The van der Waals surface area contributed by atoms with E-state index in [9.17, 15) is 8.42 Å². The van der Waals surface area contributed by atoms with E-state index in [-0.39, 0.29) is 0 Å². The second-order valence-electron chi connectivity index (χ2n) is 2.99. The molecule has 1 aromatic rings. The van der Waals surface area contributed by atoms with Crippen LogP contribution in [-0.4, -0.2) is 14.7 Å². The van der Waals surface area contributed by atoms with E-state index >= 15 is 0 Å². The summed E-state index contributed by atoms with van der Waals surface area (Å²) in [7, 11) is -3.31.